The summed E-state index contributed by atoms with van der Waals surface area (Å²) in [5, 5.41) is 46.5. The topological polar surface area (TPSA) is 241 Å². The third kappa shape index (κ3) is 61.8. The summed E-state index contributed by atoms with van der Waals surface area (Å²) >= 11 is 0. The van der Waals surface area contributed by atoms with Crippen LogP contribution < -0.4 is 80.6 Å². The van der Waals surface area contributed by atoms with Crippen LogP contribution in [0.15, 0.2) is 0 Å². The molecular weight excluding hydrogens is 1170 g/mol. The summed E-state index contributed by atoms with van der Waals surface area (Å²) in [6, 6.07) is 0.445. The highest BCUT2D eigenvalue weighted by Gasteiger charge is 2.18. The number of nitrogens with two attached hydrogens (primary N) is 2. The van der Waals surface area contributed by atoms with Gasteiger partial charge in [-0.25, -0.2) is 0 Å². The summed E-state index contributed by atoms with van der Waals surface area (Å²) < 4.78 is 0. The largest absolute Gasteiger partial charge is 0.329 e. The van der Waals surface area contributed by atoms with Crippen molar-refractivity contribution in [2.45, 2.75) is 71.8 Å². The third-order valence-corrected chi connectivity index (χ3v) is 17.8. The van der Waals surface area contributed by atoms with Gasteiger partial charge in [0.25, 0.3) is 0 Å². The van der Waals surface area contributed by atoms with Gasteiger partial charge in [-0.3, -0.25) is 24.5 Å². The maximum Gasteiger partial charge on any atom is 0.0167 e. The molecule has 560 valence electrons. The molecule has 0 aliphatic carbocycles. The molecule has 0 bridgehead atoms. The molecule has 0 amide bonds. The molecule has 0 aromatic rings. The van der Waals surface area contributed by atoms with E-state index in [4.69, 9.17) is 11.5 Å². The van der Waals surface area contributed by atoms with Crippen molar-refractivity contribution in [2.24, 2.45) is 11.5 Å². The Hall–Kier alpha value is -1.00. The fourth-order valence-electron chi connectivity index (χ4n) is 11.3. The third-order valence-electron chi connectivity index (χ3n) is 17.8. The standard InChI is InChI=1S/C68H163N25/c1-12-14-40-86(46-30-74-7)49-35-79-26-27-80-36-50-89(58-57-87(56-55-85(11)44-29-73-6)42-18-16-17-21-77-25-23-71-4)51-37-82-39-54-91(62-61-90(53-38-81-33-45-84(10)43-20-70)60-59-88(47-31-75-8)48-32-76-9)63-64-92(52-34-78-22-19-69)65-66-93(41-15-13-2)67-68(3)83-28-24-72-5/h68,71-83H,12-67,69-70H2,1-11H3. The van der Waals surface area contributed by atoms with Crippen molar-refractivity contribution >= 4 is 0 Å². The molecule has 25 nitrogen and oxygen atoms in total. The van der Waals surface area contributed by atoms with E-state index in [0.29, 0.717) is 19.1 Å². The Morgan fingerprint density at radius 3 is 0.989 bits per heavy atom. The highest BCUT2D eigenvalue weighted by molar-refractivity contribution is 4.76. The Morgan fingerprint density at radius 1 is 0.247 bits per heavy atom. The minimum Gasteiger partial charge on any atom is -0.329 e. The molecule has 0 radical (unpaired) electrons. The molecule has 0 fully saturated rings. The van der Waals surface area contributed by atoms with Gasteiger partial charge in [0, 0.05) is 301 Å². The normalized spacial score (nSPS) is 12.8. The second kappa shape index (κ2) is 72.3. The average Bonchev–Trinajstić information content (AvgIpc) is 3.78. The lowest BCUT2D eigenvalue weighted by molar-refractivity contribution is 0.150. The van der Waals surface area contributed by atoms with Crippen LogP contribution in [0.2, 0.25) is 0 Å². The van der Waals surface area contributed by atoms with E-state index in [-0.39, 0.29) is 0 Å². The van der Waals surface area contributed by atoms with E-state index < -0.39 is 0 Å². The zero-order chi connectivity index (χ0) is 68.1. The number of hydrogen-bond acceptors (Lipinski definition) is 25. The van der Waals surface area contributed by atoms with E-state index in [9.17, 15) is 0 Å². The highest BCUT2D eigenvalue weighted by atomic mass is 15.3. The van der Waals surface area contributed by atoms with E-state index in [0.717, 1.165) is 301 Å². The van der Waals surface area contributed by atoms with Gasteiger partial charge in [-0.05, 0) is 115 Å². The number of hydrogen-bond donors (Lipinski definition) is 15. The highest BCUT2D eigenvalue weighted by Crippen LogP contribution is 2.04. The lowest BCUT2D eigenvalue weighted by Gasteiger charge is -2.33. The predicted octanol–water partition coefficient (Wildman–Crippen LogP) is -3.21. The van der Waals surface area contributed by atoms with E-state index in [1.54, 1.807) is 0 Å². The zero-order valence-corrected chi connectivity index (χ0v) is 63.3. The van der Waals surface area contributed by atoms with Crippen LogP contribution in [0.25, 0.3) is 0 Å². The summed E-state index contributed by atoms with van der Waals surface area (Å²) in [4.78, 5) is 26.5. The zero-order valence-electron chi connectivity index (χ0n) is 63.3. The maximum absolute atomic E-state index is 5.99. The Balaban J connectivity index is 6.67. The Bertz CT molecular complexity index is 1420. The van der Waals surface area contributed by atoms with Gasteiger partial charge < -0.3 is 105 Å². The molecular formula is C68H163N25. The summed E-state index contributed by atoms with van der Waals surface area (Å²) in [5.41, 5.74) is 11.9. The van der Waals surface area contributed by atoms with Crippen LogP contribution >= 0.6 is 0 Å². The van der Waals surface area contributed by atoms with Crippen molar-refractivity contribution in [3.8, 4) is 0 Å². The molecule has 17 N–H and O–H groups in total. The Morgan fingerprint density at radius 2 is 0.548 bits per heavy atom. The smallest absolute Gasteiger partial charge is 0.0167 e. The van der Waals surface area contributed by atoms with Crippen LogP contribution in [0.4, 0.5) is 0 Å². The molecule has 0 rings (SSSR count). The molecule has 0 aliphatic rings. The van der Waals surface area contributed by atoms with Crippen molar-refractivity contribution in [3.63, 3.8) is 0 Å². The number of nitrogens with zero attached hydrogens (tertiary/aromatic N) is 10. The van der Waals surface area contributed by atoms with E-state index in [2.05, 4.69) is 181 Å². The molecule has 1 atom stereocenters. The van der Waals surface area contributed by atoms with Crippen LogP contribution in [0.3, 0.4) is 0 Å². The van der Waals surface area contributed by atoms with Crippen LogP contribution in [-0.4, -0.2) is 432 Å². The fraction of sp³-hybridized carbons (Fsp3) is 1.00. The van der Waals surface area contributed by atoms with Gasteiger partial charge in [-0.1, -0.05) is 33.1 Å². The maximum atomic E-state index is 5.99. The van der Waals surface area contributed by atoms with Gasteiger partial charge in [-0.15, -0.1) is 0 Å². The predicted molar refractivity (Wildman–Crippen MR) is 407 cm³/mol. The number of rotatable bonds is 79. The fourth-order valence-corrected chi connectivity index (χ4v) is 11.3. The molecule has 0 aromatic carbocycles. The summed E-state index contributed by atoms with van der Waals surface area (Å²) in [6.45, 7) is 57.1. The Labute approximate surface area is 576 Å². The van der Waals surface area contributed by atoms with Crippen molar-refractivity contribution in [1.82, 2.24) is 118 Å². The van der Waals surface area contributed by atoms with Gasteiger partial charge in [0.1, 0.15) is 0 Å². The molecule has 25 heteroatoms. The van der Waals surface area contributed by atoms with Crippen LogP contribution in [0, 0.1) is 0 Å². The van der Waals surface area contributed by atoms with Gasteiger partial charge in [0.15, 0.2) is 0 Å². The summed E-state index contributed by atoms with van der Waals surface area (Å²) in [7, 11) is 16.8. The van der Waals surface area contributed by atoms with E-state index in [1.807, 2.05) is 14.1 Å². The minimum atomic E-state index is 0.445. The van der Waals surface area contributed by atoms with Crippen molar-refractivity contribution in [2.75, 3.05) is 377 Å². The van der Waals surface area contributed by atoms with E-state index in [1.165, 1.54) is 51.5 Å². The first kappa shape index (κ1) is 92.0. The molecule has 0 spiro atoms. The lowest BCUT2D eigenvalue weighted by atomic mass is 10.2. The monoisotopic (exact) mass is 1330 g/mol. The SMILES string of the molecule is CCCCN(CCNC)CCNCCNCCN(CCNCCN(CCN(CCNCCN(C)CCN)CCN(CCNC)CCNC)CCN(CCNCCN)CCN(CCCC)CC(C)NCCNC)CCN(CCCCCNCCNC)CCN(C)CCNC. The van der Waals surface area contributed by atoms with Gasteiger partial charge in [-0.2, -0.15) is 0 Å². The Kier molecular flexibility index (Phi) is 71.5. The van der Waals surface area contributed by atoms with Crippen LogP contribution in [-0.2, 0) is 0 Å². The van der Waals surface area contributed by atoms with Gasteiger partial charge in [0.2, 0.25) is 0 Å². The second-order valence-corrected chi connectivity index (χ2v) is 26.1. The van der Waals surface area contributed by atoms with E-state index >= 15 is 0 Å². The van der Waals surface area contributed by atoms with Gasteiger partial charge in [0.05, 0.1) is 0 Å². The minimum absolute atomic E-state index is 0.445. The molecule has 93 heavy (non-hydrogen) atoms. The lowest BCUT2D eigenvalue weighted by Crippen LogP contribution is -2.48. The molecule has 0 saturated carbocycles. The van der Waals surface area contributed by atoms with Crippen molar-refractivity contribution in [1.29, 1.82) is 0 Å². The molecule has 0 saturated heterocycles. The quantitative estimate of drug-likeness (QED) is 0.0268. The number of unbranched alkanes of at least 4 members (excludes halogenated alkanes) is 4. The molecule has 0 aliphatic heterocycles. The van der Waals surface area contributed by atoms with Crippen LogP contribution in [0.5, 0.6) is 0 Å². The average molecular weight is 1330 g/mol. The first-order chi connectivity index (χ1) is 45.6. The summed E-state index contributed by atoms with van der Waals surface area (Å²) in [6.07, 6.45) is 8.70. The molecule has 1 unspecified atom stereocenters. The van der Waals surface area contributed by atoms with Gasteiger partial charge >= 0.3 is 0 Å². The number of likely N-dealkylation sites (N-methyl/N-ethyl adjacent to an activating group) is 8. The number of nitrogens with one attached hydrogen (secondary N) is 13. The molecule has 0 heterocycles. The van der Waals surface area contributed by atoms with Crippen molar-refractivity contribution < 1.29 is 0 Å². The molecule has 0 aromatic heterocycles. The van der Waals surface area contributed by atoms with Crippen LogP contribution in [0.1, 0.15) is 65.7 Å². The first-order valence-electron chi connectivity index (χ1n) is 38.0. The second-order valence-electron chi connectivity index (χ2n) is 26.1. The summed E-state index contributed by atoms with van der Waals surface area (Å²) in [5.74, 6) is 0. The first-order valence-corrected chi connectivity index (χ1v) is 38.0. The van der Waals surface area contributed by atoms with Crippen molar-refractivity contribution in [3.05, 3.63) is 0 Å².